The highest BCUT2D eigenvalue weighted by molar-refractivity contribution is 7.58. The number of carbonyl (C=O) groups excluding carboxylic acids is 2. The van der Waals surface area contributed by atoms with Gasteiger partial charge in [-0.25, -0.2) is 4.79 Å². The summed E-state index contributed by atoms with van der Waals surface area (Å²) in [5.74, 6) is -1.60. The molecule has 0 aliphatic heterocycles. The van der Waals surface area contributed by atoms with Gasteiger partial charge in [0.1, 0.15) is 12.4 Å². The SMILES string of the molecule is COC(=O)CCC(NC(=O)OCc1ccccc1)P(=O)(O)CCCc1ccccc1. The van der Waals surface area contributed by atoms with Crippen LogP contribution in [0.25, 0.3) is 0 Å². The number of benzene rings is 2. The summed E-state index contributed by atoms with van der Waals surface area (Å²) in [6.07, 6.45) is 0.259. The zero-order valence-corrected chi connectivity index (χ0v) is 17.9. The van der Waals surface area contributed by atoms with Crippen molar-refractivity contribution >= 4 is 19.4 Å². The van der Waals surface area contributed by atoms with Crippen LogP contribution in [-0.2, 0) is 31.9 Å². The molecule has 0 aliphatic rings. The van der Waals surface area contributed by atoms with E-state index in [0.717, 1.165) is 11.1 Å². The lowest BCUT2D eigenvalue weighted by Gasteiger charge is -2.24. The molecule has 8 heteroatoms. The van der Waals surface area contributed by atoms with Crippen molar-refractivity contribution in [3.8, 4) is 0 Å². The monoisotopic (exact) mass is 433 g/mol. The van der Waals surface area contributed by atoms with E-state index in [1.807, 2.05) is 60.7 Å². The molecular formula is C22H28NO6P. The Kier molecular flexibility index (Phi) is 9.58. The second kappa shape index (κ2) is 12.2. The van der Waals surface area contributed by atoms with Crippen molar-refractivity contribution < 1.29 is 28.5 Å². The quantitative estimate of drug-likeness (QED) is 0.409. The van der Waals surface area contributed by atoms with Gasteiger partial charge in [-0.2, -0.15) is 0 Å². The Balaban J connectivity index is 1.94. The molecule has 1 amide bonds. The largest absolute Gasteiger partial charge is 0.469 e. The highest BCUT2D eigenvalue weighted by Gasteiger charge is 2.32. The van der Waals surface area contributed by atoms with Crippen LogP contribution in [0.3, 0.4) is 0 Å². The van der Waals surface area contributed by atoms with Crippen molar-refractivity contribution in [2.45, 2.75) is 38.1 Å². The van der Waals surface area contributed by atoms with Crippen LogP contribution >= 0.6 is 7.37 Å². The van der Waals surface area contributed by atoms with Gasteiger partial charge in [0, 0.05) is 12.6 Å². The van der Waals surface area contributed by atoms with E-state index in [2.05, 4.69) is 10.1 Å². The van der Waals surface area contributed by atoms with Gasteiger partial charge >= 0.3 is 12.1 Å². The Hall–Kier alpha value is -2.63. The van der Waals surface area contributed by atoms with Crippen LogP contribution in [0.5, 0.6) is 0 Å². The molecule has 2 unspecified atom stereocenters. The summed E-state index contributed by atoms with van der Waals surface area (Å²) in [6.45, 7) is 0.0418. The lowest BCUT2D eigenvalue weighted by Crippen LogP contribution is -2.36. The fourth-order valence-corrected chi connectivity index (χ4v) is 4.71. The first-order chi connectivity index (χ1) is 14.4. The molecule has 2 N–H and O–H groups in total. The van der Waals surface area contributed by atoms with Crippen molar-refractivity contribution in [2.24, 2.45) is 0 Å². The second-order valence-corrected chi connectivity index (χ2v) is 9.49. The third-order valence-corrected chi connectivity index (χ3v) is 6.94. The number of amides is 1. The topological polar surface area (TPSA) is 102 Å². The first-order valence-electron chi connectivity index (χ1n) is 9.80. The van der Waals surface area contributed by atoms with Crippen LogP contribution in [0.15, 0.2) is 60.7 Å². The predicted octanol–water partition coefficient (Wildman–Crippen LogP) is 4.10. The minimum absolute atomic E-state index is 0.00771. The maximum absolute atomic E-state index is 12.9. The van der Waals surface area contributed by atoms with E-state index >= 15 is 0 Å². The summed E-state index contributed by atoms with van der Waals surface area (Å²) < 4.78 is 22.7. The number of hydrogen-bond acceptors (Lipinski definition) is 5. The smallest absolute Gasteiger partial charge is 0.408 e. The first-order valence-corrected chi connectivity index (χ1v) is 11.7. The van der Waals surface area contributed by atoms with Crippen LogP contribution < -0.4 is 5.32 Å². The van der Waals surface area contributed by atoms with Gasteiger partial charge in [0.05, 0.1) is 7.11 Å². The molecule has 0 bridgehead atoms. The van der Waals surface area contributed by atoms with Gasteiger partial charge in [-0.1, -0.05) is 60.7 Å². The van der Waals surface area contributed by atoms with Crippen molar-refractivity contribution in [1.82, 2.24) is 5.32 Å². The number of esters is 1. The van der Waals surface area contributed by atoms with Gasteiger partial charge in [0.2, 0.25) is 7.37 Å². The second-order valence-electron chi connectivity index (χ2n) is 6.91. The lowest BCUT2D eigenvalue weighted by atomic mass is 10.1. The normalized spacial score (nSPS) is 13.7. The van der Waals surface area contributed by atoms with Gasteiger partial charge in [-0.05, 0) is 30.4 Å². The molecule has 2 aromatic carbocycles. The van der Waals surface area contributed by atoms with Crippen LogP contribution in [0.2, 0.25) is 0 Å². The van der Waals surface area contributed by atoms with E-state index in [0.29, 0.717) is 12.8 Å². The molecule has 0 saturated carbocycles. The van der Waals surface area contributed by atoms with Crippen molar-refractivity contribution in [1.29, 1.82) is 0 Å². The number of ether oxygens (including phenoxy) is 2. The van der Waals surface area contributed by atoms with E-state index < -0.39 is 25.2 Å². The Bertz CT molecular complexity index is 843. The number of hydrogen-bond donors (Lipinski definition) is 2. The Labute approximate surface area is 176 Å². The molecule has 162 valence electrons. The standard InChI is InChI=1S/C22H28NO6P/c1-28-21(24)15-14-20(23-22(25)29-17-19-11-6-3-7-12-19)30(26,27)16-8-13-18-9-4-2-5-10-18/h2-7,9-12,20H,8,13-17H2,1H3,(H,23,25)(H,26,27). The average Bonchev–Trinajstić information content (AvgIpc) is 2.76. The van der Waals surface area contributed by atoms with Gasteiger partial charge in [0.15, 0.2) is 0 Å². The molecule has 2 aromatic rings. The maximum Gasteiger partial charge on any atom is 0.408 e. The Morgan fingerprint density at radius 2 is 1.63 bits per heavy atom. The molecule has 0 heterocycles. The van der Waals surface area contributed by atoms with Crippen LogP contribution in [0, 0.1) is 0 Å². The van der Waals surface area contributed by atoms with Crippen LogP contribution in [0.1, 0.15) is 30.4 Å². The summed E-state index contributed by atoms with van der Waals surface area (Å²) in [4.78, 5) is 34.3. The van der Waals surface area contributed by atoms with E-state index in [1.54, 1.807) is 0 Å². The van der Waals surface area contributed by atoms with Crippen LogP contribution in [0.4, 0.5) is 4.79 Å². The molecule has 30 heavy (non-hydrogen) atoms. The van der Waals surface area contributed by atoms with Crippen LogP contribution in [-0.4, -0.2) is 36.0 Å². The van der Waals surface area contributed by atoms with Gasteiger partial charge in [-0.3, -0.25) is 9.36 Å². The van der Waals surface area contributed by atoms with Crippen molar-refractivity contribution in [2.75, 3.05) is 13.3 Å². The molecule has 2 atom stereocenters. The highest BCUT2D eigenvalue weighted by Crippen LogP contribution is 2.47. The minimum Gasteiger partial charge on any atom is -0.469 e. The maximum atomic E-state index is 12.9. The Morgan fingerprint density at radius 1 is 1.03 bits per heavy atom. The number of nitrogens with one attached hydrogen (secondary N) is 1. The number of rotatable bonds is 11. The summed E-state index contributed by atoms with van der Waals surface area (Å²) in [5, 5.41) is 2.47. The summed E-state index contributed by atoms with van der Waals surface area (Å²) in [5.41, 5.74) is 1.87. The number of carbonyl (C=O) groups is 2. The number of alkyl carbamates (subject to hydrolysis) is 1. The van der Waals surface area contributed by atoms with E-state index in [-0.39, 0.29) is 25.6 Å². The molecule has 0 aromatic heterocycles. The lowest BCUT2D eigenvalue weighted by molar-refractivity contribution is -0.140. The molecule has 7 nitrogen and oxygen atoms in total. The van der Waals surface area contributed by atoms with Crippen molar-refractivity contribution in [3.63, 3.8) is 0 Å². The van der Waals surface area contributed by atoms with Gasteiger partial charge in [-0.15, -0.1) is 0 Å². The van der Waals surface area contributed by atoms with Gasteiger partial charge < -0.3 is 19.7 Å². The van der Waals surface area contributed by atoms with E-state index in [4.69, 9.17) is 4.74 Å². The molecule has 0 fully saturated rings. The van der Waals surface area contributed by atoms with E-state index in [9.17, 15) is 19.0 Å². The average molecular weight is 433 g/mol. The molecular weight excluding hydrogens is 405 g/mol. The third kappa shape index (κ3) is 8.39. The molecule has 0 radical (unpaired) electrons. The summed E-state index contributed by atoms with van der Waals surface area (Å²) in [6, 6.07) is 18.8. The molecule has 0 spiro atoms. The first kappa shape index (κ1) is 23.6. The zero-order chi connectivity index (χ0) is 21.8. The minimum atomic E-state index is -3.78. The fraction of sp³-hybridized carbons (Fsp3) is 0.364. The fourth-order valence-electron chi connectivity index (χ4n) is 2.94. The molecule has 0 aliphatic carbocycles. The number of methoxy groups -OCH3 is 1. The van der Waals surface area contributed by atoms with E-state index in [1.165, 1.54) is 7.11 Å². The van der Waals surface area contributed by atoms with Gasteiger partial charge in [0.25, 0.3) is 0 Å². The number of aryl methyl sites for hydroxylation is 1. The highest BCUT2D eigenvalue weighted by atomic mass is 31.2. The summed E-state index contributed by atoms with van der Waals surface area (Å²) in [7, 11) is -2.53. The predicted molar refractivity (Wildman–Crippen MR) is 114 cm³/mol. The zero-order valence-electron chi connectivity index (χ0n) is 17.0. The third-order valence-electron chi connectivity index (χ3n) is 4.62. The summed E-state index contributed by atoms with van der Waals surface area (Å²) >= 11 is 0. The Morgan fingerprint density at radius 3 is 2.23 bits per heavy atom. The van der Waals surface area contributed by atoms with Crippen molar-refractivity contribution in [3.05, 3.63) is 71.8 Å². The molecule has 2 rings (SSSR count). The molecule has 0 saturated heterocycles.